The molecule has 0 saturated carbocycles. The number of halogens is 2. The van der Waals surface area contributed by atoms with E-state index in [1.807, 2.05) is 0 Å². The largest absolute Gasteiger partial charge is 0.298 e. The summed E-state index contributed by atoms with van der Waals surface area (Å²) in [6.45, 7) is 0. The molecule has 86 valence electrons. The maximum atomic E-state index is 10.9. The standard InChI is InChI=1S/C12H7Cl2NOS/c13-9-4-3-8(7-16)11(6-9)17-12-10(14)2-1-5-15-12/h1-7H. The topological polar surface area (TPSA) is 30.0 Å². The van der Waals surface area contributed by atoms with Gasteiger partial charge >= 0.3 is 0 Å². The van der Waals surface area contributed by atoms with Crippen LogP contribution in [0.2, 0.25) is 10.0 Å². The Kier molecular flexibility index (Phi) is 4.05. The number of aldehydes is 1. The van der Waals surface area contributed by atoms with Crippen LogP contribution >= 0.6 is 35.0 Å². The minimum atomic E-state index is 0.550. The summed E-state index contributed by atoms with van der Waals surface area (Å²) in [4.78, 5) is 15.8. The smallest absolute Gasteiger partial charge is 0.151 e. The summed E-state index contributed by atoms with van der Waals surface area (Å²) in [6, 6.07) is 8.58. The van der Waals surface area contributed by atoms with Crippen molar-refractivity contribution in [2.75, 3.05) is 0 Å². The summed E-state index contributed by atoms with van der Waals surface area (Å²) < 4.78 is 0. The van der Waals surface area contributed by atoms with Crippen molar-refractivity contribution in [2.24, 2.45) is 0 Å². The summed E-state index contributed by atoms with van der Waals surface area (Å²) in [6.07, 6.45) is 2.44. The van der Waals surface area contributed by atoms with E-state index >= 15 is 0 Å². The first-order chi connectivity index (χ1) is 8.20. The Balaban J connectivity index is 2.39. The van der Waals surface area contributed by atoms with Crippen LogP contribution in [0, 0.1) is 0 Å². The van der Waals surface area contributed by atoms with Crippen molar-refractivity contribution in [1.29, 1.82) is 0 Å². The number of carbonyl (C=O) groups excluding carboxylic acids is 1. The molecular weight excluding hydrogens is 277 g/mol. The predicted octanol–water partition coefficient (Wildman–Crippen LogP) is 4.35. The molecule has 17 heavy (non-hydrogen) atoms. The molecule has 0 fully saturated rings. The molecular formula is C12H7Cl2NOS. The molecule has 0 atom stereocenters. The number of aromatic nitrogens is 1. The van der Waals surface area contributed by atoms with E-state index in [0.29, 0.717) is 20.6 Å². The summed E-state index contributed by atoms with van der Waals surface area (Å²) >= 11 is 13.2. The van der Waals surface area contributed by atoms with Crippen LogP contribution in [0.15, 0.2) is 46.5 Å². The Morgan fingerprint density at radius 3 is 2.76 bits per heavy atom. The lowest BCUT2D eigenvalue weighted by Gasteiger charge is -2.05. The molecule has 0 saturated heterocycles. The van der Waals surface area contributed by atoms with Gasteiger partial charge in [-0.2, -0.15) is 0 Å². The molecule has 2 aromatic rings. The zero-order valence-electron chi connectivity index (χ0n) is 8.56. The molecule has 0 aliphatic heterocycles. The zero-order chi connectivity index (χ0) is 12.3. The fourth-order valence-electron chi connectivity index (χ4n) is 1.24. The molecule has 0 N–H and O–H groups in total. The molecule has 0 bridgehead atoms. The maximum absolute atomic E-state index is 10.9. The number of carbonyl (C=O) groups is 1. The van der Waals surface area contributed by atoms with Gasteiger partial charge in [0.2, 0.25) is 0 Å². The minimum absolute atomic E-state index is 0.550. The Morgan fingerprint density at radius 2 is 2.06 bits per heavy atom. The van der Waals surface area contributed by atoms with E-state index in [1.165, 1.54) is 11.8 Å². The van der Waals surface area contributed by atoms with Gasteiger partial charge in [-0.15, -0.1) is 0 Å². The van der Waals surface area contributed by atoms with Gasteiger partial charge in [-0.3, -0.25) is 4.79 Å². The van der Waals surface area contributed by atoms with Crippen molar-refractivity contribution < 1.29 is 4.79 Å². The zero-order valence-corrected chi connectivity index (χ0v) is 10.9. The van der Waals surface area contributed by atoms with Crippen molar-refractivity contribution in [2.45, 2.75) is 9.92 Å². The number of benzene rings is 1. The second-order valence-electron chi connectivity index (χ2n) is 3.19. The van der Waals surface area contributed by atoms with Crippen molar-refractivity contribution in [3.8, 4) is 0 Å². The van der Waals surface area contributed by atoms with E-state index in [0.717, 1.165) is 11.2 Å². The summed E-state index contributed by atoms with van der Waals surface area (Å²) in [5.74, 6) is 0. The van der Waals surface area contributed by atoms with E-state index in [9.17, 15) is 4.79 Å². The number of nitrogens with zero attached hydrogens (tertiary/aromatic N) is 1. The summed E-state index contributed by atoms with van der Waals surface area (Å²) in [7, 11) is 0. The van der Waals surface area contributed by atoms with Crippen LogP contribution in [0.4, 0.5) is 0 Å². The molecule has 1 aromatic carbocycles. The predicted molar refractivity (Wildman–Crippen MR) is 70.2 cm³/mol. The Bertz CT molecular complexity index is 560. The first-order valence-corrected chi connectivity index (χ1v) is 6.31. The Morgan fingerprint density at radius 1 is 1.24 bits per heavy atom. The monoisotopic (exact) mass is 283 g/mol. The second kappa shape index (κ2) is 5.54. The average Bonchev–Trinajstić information content (AvgIpc) is 2.32. The lowest BCUT2D eigenvalue weighted by Crippen LogP contribution is -1.87. The number of hydrogen-bond acceptors (Lipinski definition) is 3. The van der Waals surface area contributed by atoms with Crippen LogP contribution in [-0.4, -0.2) is 11.3 Å². The van der Waals surface area contributed by atoms with Crippen LogP contribution in [0.25, 0.3) is 0 Å². The molecule has 0 aliphatic rings. The van der Waals surface area contributed by atoms with Crippen LogP contribution in [0.3, 0.4) is 0 Å². The Hall–Kier alpha value is -1.03. The van der Waals surface area contributed by atoms with E-state index in [-0.39, 0.29) is 0 Å². The number of rotatable bonds is 3. The Labute approximate surface area is 113 Å². The van der Waals surface area contributed by atoms with Crippen molar-refractivity contribution >= 4 is 41.2 Å². The van der Waals surface area contributed by atoms with Gasteiger partial charge in [0.1, 0.15) is 5.03 Å². The van der Waals surface area contributed by atoms with Gasteiger partial charge in [-0.25, -0.2) is 4.98 Å². The van der Waals surface area contributed by atoms with Gasteiger partial charge in [0.15, 0.2) is 6.29 Å². The van der Waals surface area contributed by atoms with E-state index in [1.54, 1.807) is 36.5 Å². The van der Waals surface area contributed by atoms with Crippen LogP contribution in [0.5, 0.6) is 0 Å². The third-order valence-corrected chi connectivity index (χ3v) is 3.78. The highest BCUT2D eigenvalue weighted by atomic mass is 35.5. The third-order valence-electron chi connectivity index (χ3n) is 2.03. The number of hydrogen-bond donors (Lipinski definition) is 0. The molecule has 0 amide bonds. The normalized spacial score (nSPS) is 10.2. The molecule has 5 heteroatoms. The van der Waals surface area contributed by atoms with Gasteiger partial charge in [-0.05, 0) is 30.3 Å². The SMILES string of the molecule is O=Cc1ccc(Cl)cc1Sc1ncccc1Cl. The highest BCUT2D eigenvalue weighted by Gasteiger charge is 2.08. The number of pyridine rings is 1. The minimum Gasteiger partial charge on any atom is -0.298 e. The molecule has 2 nitrogen and oxygen atoms in total. The first-order valence-electron chi connectivity index (χ1n) is 4.74. The van der Waals surface area contributed by atoms with Gasteiger partial charge < -0.3 is 0 Å². The summed E-state index contributed by atoms with van der Waals surface area (Å²) in [5.41, 5.74) is 0.570. The van der Waals surface area contributed by atoms with Crippen molar-refractivity contribution in [3.63, 3.8) is 0 Å². The molecule has 0 aliphatic carbocycles. The van der Waals surface area contributed by atoms with Gasteiger partial charge in [-0.1, -0.05) is 35.0 Å². The molecule has 0 radical (unpaired) electrons. The van der Waals surface area contributed by atoms with Gasteiger partial charge in [0.25, 0.3) is 0 Å². The van der Waals surface area contributed by atoms with Crippen LogP contribution in [-0.2, 0) is 0 Å². The fourth-order valence-corrected chi connectivity index (χ4v) is 2.63. The van der Waals surface area contributed by atoms with Gasteiger partial charge in [0, 0.05) is 21.7 Å². The highest BCUT2D eigenvalue weighted by molar-refractivity contribution is 7.99. The van der Waals surface area contributed by atoms with Crippen molar-refractivity contribution in [3.05, 3.63) is 52.1 Å². The second-order valence-corrected chi connectivity index (χ2v) is 5.07. The average molecular weight is 284 g/mol. The summed E-state index contributed by atoms with van der Waals surface area (Å²) in [5, 5.41) is 1.78. The lowest BCUT2D eigenvalue weighted by molar-refractivity contribution is 0.112. The molecule has 2 rings (SSSR count). The molecule has 1 heterocycles. The third kappa shape index (κ3) is 3.00. The quantitative estimate of drug-likeness (QED) is 0.785. The first kappa shape index (κ1) is 12.4. The fraction of sp³-hybridized carbons (Fsp3) is 0. The van der Waals surface area contributed by atoms with E-state index < -0.39 is 0 Å². The van der Waals surface area contributed by atoms with E-state index in [4.69, 9.17) is 23.2 Å². The molecule has 0 spiro atoms. The van der Waals surface area contributed by atoms with Crippen LogP contribution < -0.4 is 0 Å². The van der Waals surface area contributed by atoms with Crippen LogP contribution in [0.1, 0.15) is 10.4 Å². The van der Waals surface area contributed by atoms with E-state index in [2.05, 4.69) is 4.98 Å². The van der Waals surface area contributed by atoms with Crippen molar-refractivity contribution in [1.82, 2.24) is 4.98 Å². The lowest BCUT2D eigenvalue weighted by atomic mass is 10.2. The molecule has 1 aromatic heterocycles. The van der Waals surface area contributed by atoms with Gasteiger partial charge in [0.05, 0.1) is 5.02 Å². The maximum Gasteiger partial charge on any atom is 0.151 e. The highest BCUT2D eigenvalue weighted by Crippen LogP contribution is 2.34. The molecule has 0 unspecified atom stereocenters.